The van der Waals surface area contributed by atoms with E-state index < -0.39 is 0 Å². The Morgan fingerprint density at radius 3 is 2.22 bits per heavy atom. The Bertz CT molecular complexity index is 865. The largest absolute Gasteiger partial charge is 0.373 e. The van der Waals surface area contributed by atoms with Crippen molar-refractivity contribution in [3.63, 3.8) is 0 Å². The van der Waals surface area contributed by atoms with Crippen LogP contribution >= 0.6 is 0 Å². The molecule has 1 aromatic carbocycles. The van der Waals surface area contributed by atoms with Crippen molar-refractivity contribution in [1.82, 2.24) is 5.32 Å². The lowest BCUT2D eigenvalue weighted by molar-refractivity contribution is -0.103. The van der Waals surface area contributed by atoms with Crippen LogP contribution in [0.5, 0.6) is 0 Å². The first-order valence-corrected chi connectivity index (χ1v) is 11.9. The number of piperidine rings is 1. The average Bonchev–Trinajstić information content (AvgIpc) is 2.68. The van der Waals surface area contributed by atoms with Crippen LogP contribution in [0, 0.1) is 23.2 Å². The maximum absolute atomic E-state index is 9.47. The molecule has 2 fully saturated rings. The number of hydrogen-bond acceptors (Lipinski definition) is 5. The van der Waals surface area contributed by atoms with Gasteiger partial charge in [0.2, 0.25) is 0 Å². The SMILES string of the molecule is CC(C)(C)OCC#Cc1cc(C#N)cc(N2CCC(NC3CC(OC(C)(C)C)C3)CC2)c1. The van der Waals surface area contributed by atoms with Gasteiger partial charge in [-0.15, -0.1) is 0 Å². The van der Waals surface area contributed by atoms with Crippen LogP contribution in [0.3, 0.4) is 0 Å². The summed E-state index contributed by atoms with van der Waals surface area (Å²) >= 11 is 0. The minimum absolute atomic E-state index is 0.0538. The van der Waals surface area contributed by atoms with Crippen molar-refractivity contribution in [2.45, 2.75) is 96.6 Å². The Balaban J connectivity index is 1.51. The molecule has 1 aliphatic heterocycles. The summed E-state index contributed by atoms with van der Waals surface area (Å²) in [4.78, 5) is 2.38. The zero-order valence-electron chi connectivity index (χ0n) is 20.6. The summed E-state index contributed by atoms with van der Waals surface area (Å²) in [5.74, 6) is 6.24. The van der Waals surface area contributed by atoms with Crippen LogP contribution in [0.15, 0.2) is 18.2 Å². The molecular weight excluding hydrogens is 398 g/mol. The van der Waals surface area contributed by atoms with Gasteiger partial charge in [0.1, 0.15) is 6.61 Å². The Morgan fingerprint density at radius 1 is 0.969 bits per heavy atom. The molecular formula is C27H39N3O2. The van der Waals surface area contributed by atoms with Gasteiger partial charge in [-0.2, -0.15) is 5.26 Å². The van der Waals surface area contributed by atoms with Crippen LogP contribution in [0.2, 0.25) is 0 Å². The summed E-state index contributed by atoms with van der Waals surface area (Å²) in [5.41, 5.74) is 2.36. The van der Waals surface area contributed by atoms with Crippen molar-refractivity contribution in [1.29, 1.82) is 5.26 Å². The van der Waals surface area contributed by atoms with E-state index in [2.05, 4.69) is 55.0 Å². The first kappa shape index (κ1) is 24.6. The molecule has 0 amide bonds. The van der Waals surface area contributed by atoms with E-state index in [0.717, 1.165) is 50.0 Å². The molecule has 5 nitrogen and oxygen atoms in total. The number of ether oxygens (including phenoxy) is 2. The first-order valence-electron chi connectivity index (χ1n) is 11.9. The van der Waals surface area contributed by atoms with Gasteiger partial charge in [0.05, 0.1) is 28.9 Å². The summed E-state index contributed by atoms with van der Waals surface area (Å²) in [6.07, 6.45) is 4.84. The molecule has 5 heteroatoms. The van der Waals surface area contributed by atoms with Crippen LogP contribution < -0.4 is 10.2 Å². The predicted octanol–water partition coefficient (Wildman–Crippen LogP) is 4.63. The summed E-state index contributed by atoms with van der Waals surface area (Å²) < 4.78 is 11.7. The number of nitrogens with zero attached hydrogens (tertiary/aromatic N) is 2. The van der Waals surface area contributed by atoms with Gasteiger partial charge < -0.3 is 19.7 Å². The molecule has 0 spiro atoms. The third kappa shape index (κ3) is 7.82. The predicted molar refractivity (Wildman–Crippen MR) is 130 cm³/mol. The van der Waals surface area contributed by atoms with E-state index in [1.54, 1.807) is 0 Å². The number of hydrogen-bond donors (Lipinski definition) is 1. The Morgan fingerprint density at radius 2 is 1.62 bits per heavy atom. The second kappa shape index (κ2) is 10.3. The molecule has 0 aromatic heterocycles. The van der Waals surface area contributed by atoms with Crippen LogP contribution in [-0.2, 0) is 9.47 Å². The van der Waals surface area contributed by atoms with Crippen LogP contribution in [0.4, 0.5) is 5.69 Å². The number of nitrogens with one attached hydrogen (secondary N) is 1. The van der Waals surface area contributed by atoms with Gasteiger partial charge in [0, 0.05) is 36.4 Å². The van der Waals surface area contributed by atoms with Gasteiger partial charge in [-0.3, -0.25) is 0 Å². The monoisotopic (exact) mass is 437 g/mol. The second-order valence-corrected chi connectivity index (χ2v) is 11.0. The first-order chi connectivity index (χ1) is 15.0. The van der Waals surface area contributed by atoms with Crippen molar-refractivity contribution in [2.24, 2.45) is 0 Å². The number of nitriles is 1. The van der Waals surface area contributed by atoms with E-state index >= 15 is 0 Å². The number of rotatable bonds is 5. The number of anilines is 1. The highest BCUT2D eigenvalue weighted by Crippen LogP contribution is 2.29. The fourth-order valence-electron chi connectivity index (χ4n) is 4.26. The van der Waals surface area contributed by atoms with E-state index in [4.69, 9.17) is 9.47 Å². The molecule has 1 saturated heterocycles. The smallest absolute Gasteiger partial charge is 0.108 e. The van der Waals surface area contributed by atoms with E-state index in [1.807, 2.05) is 32.9 Å². The van der Waals surface area contributed by atoms with Gasteiger partial charge in [-0.25, -0.2) is 0 Å². The molecule has 1 aromatic rings. The summed E-state index contributed by atoms with van der Waals surface area (Å²) in [7, 11) is 0. The fraction of sp³-hybridized carbons (Fsp3) is 0.667. The van der Waals surface area contributed by atoms with E-state index in [1.165, 1.54) is 0 Å². The molecule has 1 aliphatic carbocycles. The highest BCUT2D eigenvalue weighted by atomic mass is 16.5. The van der Waals surface area contributed by atoms with Crippen molar-refractivity contribution in [2.75, 3.05) is 24.6 Å². The molecule has 3 rings (SSSR count). The topological polar surface area (TPSA) is 57.5 Å². The fourth-order valence-corrected chi connectivity index (χ4v) is 4.26. The summed E-state index contributed by atoms with van der Waals surface area (Å²) in [6.45, 7) is 14.8. The van der Waals surface area contributed by atoms with Crippen LogP contribution in [-0.4, -0.2) is 49.1 Å². The minimum atomic E-state index is -0.202. The van der Waals surface area contributed by atoms with Gasteiger partial charge in [0.15, 0.2) is 0 Å². The van der Waals surface area contributed by atoms with Crippen molar-refractivity contribution in [3.05, 3.63) is 29.3 Å². The van der Waals surface area contributed by atoms with Gasteiger partial charge in [-0.05, 0) is 85.4 Å². The normalized spacial score (nSPS) is 22.0. The molecule has 174 valence electrons. The van der Waals surface area contributed by atoms with Crippen molar-refractivity contribution < 1.29 is 9.47 Å². The van der Waals surface area contributed by atoms with Gasteiger partial charge in [-0.1, -0.05) is 11.8 Å². The molecule has 1 heterocycles. The zero-order valence-corrected chi connectivity index (χ0v) is 20.6. The quantitative estimate of drug-likeness (QED) is 0.681. The highest BCUT2D eigenvalue weighted by Gasteiger charge is 2.34. The molecule has 1 saturated carbocycles. The van der Waals surface area contributed by atoms with Crippen LogP contribution in [0.25, 0.3) is 0 Å². The van der Waals surface area contributed by atoms with Crippen molar-refractivity contribution in [3.8, 4) is 17.9 Å². The summed E-state index contributed by atoms with van der Waals surface area (Å²) in [5, 5.41) is 13.3. The van der Waals surface area contributed by atoms with Crippen molar-refractivity contribution >= 4 is 5.69 Å². The Kier molecular flexibility index (Phi) is 7.88. The van der Waals surface area contributed by atoms with Crippen LogP contribution in [0.1, 0.15) is 78.4 Å². The molecule has 0 radical (unpaired) electrons. The Hall–Kier alpha value is -2.05. The lowest BCUT2D eigenvalue weighted by atomic mass is 9.87. The molecule has 1 N–H and O–H groups in total. The Labute approximate surface area is 194 Å². The third-order valence-corrected chi connectivity index (χ3v) is 5.80. The lowest BCUT2D eigenvalue weighted by Gasteiger charge is -2.43. The molecule has 0 atom stereocenters. The number of benzene rings is 1. The van der Waals surface area contributed by atoms with E-state index in [9.17, 15) is 5.26 Å². The lowest BCUT2D eigenvalue weighted by Crippen LogP contribution is -2.53. The standard InChI is InChI=1S/C27H39N3O2/c1-26(2,3)31-13-7-8-20-14-21(19-28)16-24(15-20)30-11-9-22(10-12-30)29-23-17-25(18-23)32-27(4,5)6/h14-16,22-23,25,29H,9-13,17-18H2,1-6H3. The molecule has 0 unspecified atom stereocenters. The highest BCUT2D eigenvalue weighted by molar-refractivity contribution is 5.57. The minimum Gasteiger partial charge on any atom is -0.373 e. The maximum Gasteiger partial charge on any atom is 0.108 e. The summed E-state index contributed by atoms with van der Waals surface area (Å²) in [6, 6.07) is 9.35. The maximum atomic E-state index is 9.47. The molecule has 0 bridgehead atoms. The average molecular weight is 438 g/mol. The third-order valence-electron chi connectivity index (χ3n) is 5.80. The molecule has 2 aliphatic rings. The second-order valence-electron chi connectivity index (χ2n) is 11.0. The van der Waals surface area contributed by atoms with E-state index in [-0.39, 0.29) is 11.2 Å². The van der Waals surface area contributed by atoms with Gasteiger partial charge in [0.25, 0.3) is 0 Å². The molecule has 32 heavy (non-hydrogen) atoms. The van der Waals surface area contributed by atoms with Gasteiger partial charge >= 0.3 is 0 Å². The zero-order chi connectivity index (χ0) is 23.4. The van der Waals surface area contributed by atoms with E-state index in [0.29, 0.717) is 30.4 Å².